The van der Waals surface area contributed by atoms with Crippen LogP contribution in [0.4, 0.5) is 0 Å². The summed E-state index contributed by atoms with van der Waals surface area (Å²) in [7, 11) is 1.45. The molecule has 0 unspecified atom stereocenters. The van der Waals surface area contributed by atoms with Crippen molar-refractivity contribution in [2.45, 2.75) is 39.5 Å². The van der Waals surface area contributed by atoms with Gasteiger partial charge in [0.25, 0.3) is 0 Å². The molecule has 0 aliphatic rings. The molecular formula is C16H28BrNO2. The maximum atomic E-state index is 11.7. The Balaban J connectivity index is 0. The first-order valence-electron chi connectivity index (χ1n) is 7.15. The van der Waals surface area contributed by atoms with Gasteiger partial charge in [-0.05, 0) is 24.8 Å². The van der Waals surface area contributed by atoms with Gasteiger partial charge in [0.05, 0.1) is 20.2 Å². The average molecular weight is 346 g/mol. The first-order valence-corrected chi connectivity index (χ1v) is 7.15. The summed E-state index contributed by atoms with van der Waals surface area (Å²) in [6, 6.07) is 0. The van der Waals surface area contributed by atoms with Crippen LogP contribution in [0.1, 0.15) is 39.5 Å². The number of allylic oxidation sites excluding steroid dienone is 1. The zero-order valence-electron chi connectivity index (χ0n) is 13.1. The van der Waals surface area contributed by atoms with Gasteiger partial charge in [0, 0.05) is 0 Å². The lowest BCUT2D eigenvalue weighted by atomic mass is 10.2. The van der Waals surface area contributed by atoms with E-state index >= 15 is 0 Å². The molecule has 0 radical (unpaired) electrons. The third kappa shape index (κ3) is 9.17. The number of methoxy groups -OCH3 is 1. The fourth-order valence-corrected chi connectivity index (χ4v) is 2.09. The van der Waals surface area contributed by atoms with Crippen LogP contribution in [0.5, 0.6) is 0 Å². The minimum absolute atomic E-state index is 0. The fraction of sp³-hybridized carbons (Fsp3) is 0.688. The average Bonchev–Trinajstić information content (AvgIpc) is 2.43. The molecule has 116 valence electrons. The van der Waals surface area contributed by atoms with Crippen LogP contribution < -0.4 is 17.0 Å². The van der Waals surface area contributed by atoms with Gasteiger partial charge in [-0.1, -0.05) is 39.2 Å². The Hall–Kier alpha value is -0.790. The molecule has 0 saturated heterocycles. The number of carbonyl (C=O) groups excluding carboxylic acids is 1. The van der Waals surface area contributed by atoms with Gasteiger partial charge in [-0.3, -0.25) is 0 Å². The second-order valence-corrected chi connectivity index (χ2v) is 4.91. The smallest absolute Gasteiger partial charge is 0.361 e. The fourth-order valence-electron chi connectivity index (χ4n) is 2.09. The molecule has 0 rings (SSSR count). The highest BCUT2D eigenvalue weighted by molar-refractivity contribution is 5.70. The maximum Gasteiger partial charge on any atom is 0.361 e. The van der Waals surface area contributed by atoms with Crippen molar-refractivity contribution in [1.82, 2.24) is 0 Å². The van der Waals surface area contributed by atoms with Gasteiger partial charge >= 0.3 is 5.97 Å². The number of esters is 1. The highest BCUT2D eigenvalue weighted by Gasteiger charge is 2.29. The number of rotatable bonds is 9. The van der Waals surface area contributed by atoms with Gasteiger partial charge in [0.1, 0.15) is 6.54 Å². The summed E-state index contributed by atoms with van der Waals surface area (Å²) in [5, 5.41) is 0. The van der Waals surface area contributed by atoms with Crippen LogP contribution in [0.15, 0.2) is 12.7 Å². The first-order chi connectivity index (χ1) is 9.14. The highest BCUT2D eigenvalue weighted by atomic mass is 79.9. The molecule has 0 aliphatic carbocycles. The van der Waals surface area contributed by atoms with Crippen molar-refractivity contribution in [1.29, 1.82) is 0 Å². The molecule has 0 spiro atoms. The predicted molar refractivity (Wildman–Crippen MR) is 79.5 cm³/mol. The predicted octanol–water partition coefficient (Wildman–Crippen LogP) is -0.230. The van der Waals surface area contributed by atoms with Crippen LogP contribution in [0.25, 0.3) is 0 Å². The van der Waals surface area contributed by atoms with Crippen LogP contribution in [0.2, 0.25) is 0 Å². The van der Waals surface area contributed by atoms with E-state index in [2.05, 4.69) is 32.3 Å². The largest absolute Gasteiger partial charge is 1.00 e. The van der Waals surface area contributed by atoms with E-state index in [1.807, 2.05) is 0 Å². The lowest BCUT2D eigenvalue weighted by molar-refractivity contribution is -0.915. The van der Waals surface area contributed by atoms with Crippen molar-refractivity contribution in [2.24, 2.45) is 0 Å². The molecule has 0 N–H and O–H groups in total. The minimum atomic E-state index is -0.146. The molecular weight excluding hydrogens is 318 g/mol. The number of carbonyl (C=O) groups is 1. The molecule has 0 bridgehead atoms. The van der Waals surface area contributed by atoms with Crippen molar-refractivity contribution in [3.8, 4) is 11.8 Å². The normalized spacial score (nSPS) is 9.95. The molecule has 0 aromatic carbocycles. The van der Waals surface area contributed by atoms with Crippen molar-refractivity contribution < 1.29 is 31.0 Å². The van der Waals surface area contributed by atoms with Crippen LogP contribution in [0.3, 0.4) is 0 Å². The number of unbranched alkanes of at least 4 members (excludes halogenated alkanes) is 2. The quantitative estimate of drug-likeness (QED) is 0.328. The topological polar surface area (TPSA) is 26.3 Å². The molecule has 4 heteroatoms. The van der Waals surface area contributed by atoms with Crippen molar-refractivity contribution >= 4 is 5.97 Å². The number of ether oxygens (including phenoxy) is 1. The van der Waals surface area contributed by atoms with Crippen molar-refractivity contribution in [3.05, 3.63) is 12.7 Å². The van der Waals surface area contributed by atoms with Crippen LogP contribution in [-0.4, -0.2) is 43.7 Å². The lowest BCUT2D eigenvalue weighted by Crippen LogP contribution is -3.00. The van der Waals surface area contributed by atoms with Crippen molar-refractivity contribution in [3.63, 3.8) is 0 Å². The van der Waals surface area contributed by atoms with Gasteiger partial charge in [0.2, 0.25) is 0 Å². The first kappa shape index (κ1) is 21.5. The Kier molecular flexibility index (Phi) is 14.2. The van der Waals surface area contributed by atoms with E-state index in [9.17, 15) is 4.79 Å². The number of quaternary nitrogens is 1. The highest BCUT2D eigenvalue weighted by Crippen LogP contribution is 2.12. The van der Waals surface area contributed by atoms with Crippen LogP contribution in [-0.2, 0) is 9.53 Å². The third-order valence-electron chi connectivity index (χ3n) is 3.28. The molecule has 0 atom stereocenters. The van der Waals surface area contributed by atoms with E-state index < -0.39 is 0 Å². The molecule has 0 aliphatic heterocycles. The summed E-state index contributed by atoms with van der Waals surface area (Å²) >= 11 is 0. The minimum Gasteiger partial charge on any atom is -1.00 e. The molecule has 0 fully saturated rings. The van der Waals surface area contributed by atoms with Gasteiger partial charge in [-0.2, -0.15) is 0 Å². The van der Waals surface area contributed by atoms with Gasteiger partial charge in [-0.15, -0.1) is 0 Å². The van der Waals surface area contributed by atoms with Gasteiger partial charge < -0.3 is 26.2 Å². The lowest BCUT2D eigenvalue weighted by Gasteiger charge is -2.36. The monoisotopic (exact) mass is 345 g/mol. The van der Waals surface area contributed by atoms with E-state index in [0.29, 0.717) is 13.1 Å². The number of hydrogen-bond donors (Lipinski definition) is 0. The Morgan fingerprint density at radius 2 is 1.80 bits per heavy atom. The van der Waals surface area contributed by atoms with Crippen LogP contribution >= 0.6 is 0 Å². The Morgan fingerprint density at radius 1 is 1.25 bits per heavy atom. The van der Waals surface area contributed by atoms with Crippen molar-refractivity contribution in [2.75, 3.05) is 33.3 Å². The summed E-state index contributed by atoms with van der Waals surface area (Å²) in [5.41, 5.74) is 0. The standard InChI is InChI=1S/C16H28NO2.BrH/c1-5-8-11-14-17(12-9-6-2,13-10-7-3)15-16(18)19-4;/h5H,1,6-7,9-10,12-15H2,2-4H3;1H/q+1;/p-1. The van der Waals surface area contributed by atoms with E-state index in [0.717, 1.165) is 43.3 Å². The zero-order chi connectivity index (χ0) is 14.6. The molecule has 3 nitrogen and oxygen atoms in total. The summed E-state index contributed by atoms with van der Waals surface area (Å²) in [5.74, 6) is 5.87. The molecule has 0 aromatic heterocycles. The zero-order valence-corrected chi connectivity index (χ0v) is 14.7. The second kappa shape index (κ2) is 13.2. The SMILES string of the molecule is C=CC#CC[N+](CCCC)(CCCC)CC(=O)OC.[Br-]. The van der Waals surface area contributed by atoms with E-state index in [1.165, 1.54) is 7.11 Å². The molecule has 0 amide bonds. The van der Waals surface area contributed by atoms with E-state index in [1.54, 1.807) is 6.08 Å². The summed E-state index contributed by atoms with van der Waals surface area (Å²) in [6.07, 6.45) is 6.07. The van der Waals surface area contributed by atoms with E-state index in [-0.39, 0.29) is 23.0 Å². The van der Waals surface area contributed by atoms with Gasteiger partial charge in [-0.25, -0.2) is 4.79 Å². The van der Waals surface area contributed by atoms with E-state index in [4.69, 9.17) is 4.74 Å². The molecule has 20 heavy (non-hydrogen) atoms. The number of hydrogen-bond acceptors (Lipinski definition) is 2. The third-order valence-corrected chi connectivity index (χ3v) is 3.28. The molecule has 0 saturated carbocycles. The van der Waals surface area contributed by atoms with Gasteiger partial charge in [0.15, 0.2) is 6.54 Å². The second-order valence-electron chi connectivity index (χ2n) is 4.91. The summed E-state index contributed by atoms with van der Waals surface area (Å²) < 4.78 is 5.57. The number of nitrogens with zero attached hydrogens (tertiary/aromatic N) is 1. The number of halogens is 1. The van der Waals surface area contributed by atoms with Crippen LogP contribution in [0, 0.1) is 11.8 Å². The molecule has 0 aromatic rings. The Labute approximate surface area is 134 Å². The summed E-state index contributed by atoms with van der Waals surface area (Å²) in [4.78, 5) is 11.7. The Morgan fingerprint density at radius 3 is 2.20 bits per heavy atom. The maximum absolute atomic E-state index is 11.7. The Bertz CT molecular complexity index is 323. The molecule has 0 heterocycles. The summed E-state index contributed by atoms with van der Waals surface area (Å²) in [6.45, 7) is 11.0.